The number of hydrogen-bond acceptors (Lipinski definition) is 4. The van der Waals surface area contributed by atoms with E-state index in [0.29, 0.717) is 6.04 Å². The number of aryl methyl sites for hydroxylation is 1. The molecule has 0 aliphatic carbocycles. The Hall–Kier alpha value is -0.680. The third-order valence-electron chi connectivity index (χ3n) is 2.88. The Labute approximate surface area is 121 Å². The zero-order valence-corrected chi connectivity index (χ0v) is 13.2. The third-order valence-corrected chi connectivity index (χ3v) is 3.81. The molecule has 0 fully saturated rings. The summed E-state index contributed by atoms with van der Waals surface area (Å²) in [5.74, 6) is 3.37. The van der Waals surface area contributed by atoms with Crippen LogP contribution in [0.3, 0.4) is 0 Å². The molecule has 110 valence electrons. The van der Waals surface area contributed by atoms with Gasteiger partial charge >= 0.3 is 0 Å². The Kier molecular flexibility index (Phi) is 8.75. The smallest absolute Gasteiger partial charge is 0.202 e. The fourth-order valence-corrected chi connectivity index (χ4v) is 2.62. The first-order valence-electron chi connectivity index (χ1n) is 7.21. The molecule has 0 saturated heterocycles. The molecule has 1 aromatic heterocycles. The van der Waals surface area contributed by atoms with Crippen LogP contribution in [0.5, 0.6) is 0 Å². The maximum Gasteiger partial charge on any atom is 0.202 e. The molecule has 0 amide bonds. The van der Waals surface area contributed by atoms with Crippen LogP contribution in [0.15, 0.2) is 12.4 Å². The predicted octanol–water partition coefficient (Wildman–Crippen LogP) is 3.25. The Bertz CT molecular complexity index is 330. The SMILES string of the molecule is CCOCCCn1ccnc1NC(C)CCSCC. The van der Waals surface area contributed by atoms with E-state index in [1.165, 1.54) is 17.9 Å². The van der Waals surface area contributed by atoms with Crippen molar-refractivity contribution < 1.29 is 4.74 Å². The molecule has 1 atom stereocenters. The second-order valence-electron chi connectivity index (χ2n) is 4.53. The van der Waals surface area contributed by atoms with Gasteiger partial charge < -0.3 is 14.6 Å². The molecule has 0 aromatic carbocycles. The number of aromatic nitrogens is 2. The molecular formula is C14H27N3OS. The average molecular weight is 285 g/mol. The van der Waals surface area contributed by atoms with E-state index in [9.17, 15) is 0 Å². The lowest BCUT2D eigenvalue weighted by Gasteiger charge is -2.15. The van der Waals surface area contributed by atoms with Crippen molar-refractivity contribution in [2.45, 2.75) is 46.2 Å². The minimum absolute atomic E-state index is 0.465. The molecule has 19 heavy (non-hydrogen) atoms. The van der Waals surface area contributed by atoms with Crippen molar-refractivity contribution in [2.24, 2.45) is 0 Å². The number of thioether (sulfide) groups is 1. The van der Waals surface area contributed by atoms with Gasteiger partial charge in [-0.15, -0.1) is 0 Å². The standard InChI is InChI=1S/C14H27N3OS/c1-4-18-11-6-9-17-10-8-15-14(17)16-13(3)7-12-19-5-2/h8,10,13H,4-7,9,11-12H2,1-3H3,(H,15,16). The molecule has 0 bridgehead atoms. The Morgan fingerprint density at radius 2 is 2.32 bits per heavy atom. The highest BCUT2D eigenvalue weighted by atomic mass is 32.2. The molecule has 1 rings (SSSR count). The van der Waals surface area contributed by atoms with Crippen LogP contribution in [0.1, 0.15) is 33.6 Å². The van der Waals surface area contributed by atoms with Gasteiger partial charge in [-0.1, -0.05) is 6.92 Å². The van der Waals surface area contributed by atoms with E-state index >= 15 is 0 Å². The monoisotopic (exact) mass is 285 g/mol. The topological polar surface area (TPSA) is 39.1 Å². The second-order valence-corrected chi connectivity index (χ2v) is 5.92. The summed E-state index contributed by atoms with van der Waals surface area (Å²) in [4.78, 5) is 4.39. The van der Waals surface area contributed by atoms with Crippen LogP contribution in [0, 0.1) is 0 Å². The Morgan fingerprint density at radius 3 is 3.05 bits per heavy atom. The van der Waals surface area contributed by atoms with E-state index in [1.807, 2.05) is 31.1 Å². The van der Waals surface area contributed by atoms with Crippen LogP contribution in [-0.4, -0.2) is 40.3 Å². The molecule has 0 aliphatic heterocycles. The lowest BCUT2D eigenvalue weighted by atomic mass is 10.3. The number of anilines is 1. The van der Waals surface area contributed by atoms with Gasteiger partial charge in [0.25, 0.3) is 0 Å². The summed E-state index contributed by atoms with van der Waals surface area (Å²) in [6.45, 7) is 9.01. The molecule has 0 radical (unpaired) electrons. The Morgan fingerprint density at radius 1 is 1.47 bits per heavy atom. The van der Waals surface area contributed by atoms with Crippen LogP contribution in [0.25, 0.3) is 0 Å². The zero-order valence-electron chi connectivity index (χ0n) is 12.4. The molecule has 4 nitrogen and oxygen atoms in total. The number of nitrogens with zero attached hydrogens (tertiary/aromatic N) is 2. The van der Waals surface area contributed by atoms with Crippen molar-refractivity contribution in [2.75, 3.05) is 30.0 Å². The van der Waals surface area contributed by atoms with E-state index < -0.39 is 0 Å². The lowest BCUT2D eigenvalue weighted by molar-refractivity contribution is 0.142. The second kappa shape index (κ2) is 10.1. The number of rotatable bonds is 11. The summed E-state index contributed by atoms with van der Waals surface area (Å²) < 4.78 is 7.53. The van der Waals surface area contributed by atoms with Crippen molar-refractivity contribution >= 4 is 17.7 Å². The first-order valence-corrected chi connectivity index (χ1v) is 8.36. The fraction of sp³-hybridized carbons (Fsp3) is 0.786. The van der Waals surface area contributed by atoms with E-state index in [0.717, 1.165) is 32.1 Å². The Balaban J connectivity index is 2.30. The minimum atomic E-state index is 0.465. The van der Waals surface area contributed by atoms with E-state index in [-0.39, 0.29) is 0 Å². The molecule has 0 aliphatic rings. The van der Waals surface area contributed by atoms with Crippen molar-refractivity contribution in [1.29, 1.82) is 0 Å². The van der Waals surface area contributed by atoms with E-state index in [2.05, 4.69) is 28.7 Å². The van der Waals surface area contributed by atoms with E-state index in [1.54, 1.807) is 0 Å². The van der Waals surface area contributed by atoms with Gasteiger partial charge in [-0.3, -0.25) is 0 Å². The largest absolute Gasteiger partial charge is 0.382 e. The van der Waals surface area contributed by atoms with Crippen LogP contribution in [-0.2, 0) is 11.3 Å². The maximum atomic E-state index is 5.36. The predicted molar refractivity (Wildman–Crippen MR) is 84.0 cm³/mol. The highest BCUT2D eigenvalue weighted by Crippen LogP contribution is 2.11. The van der Waals surface area contributed by atoms with Gasteiger partial charge in [0.05, 0.1) is 0 Å². The van der Waals surface area contributed by atoms with Crippen molar-refractivity contribution in [3.05, 3.63) is 12.4 Å². The molecule has 5 heteroatoms. The van der Waals surface area contributed by atoms with Gasteiger partial charge in [0.1, 0.15) is 0 Å². The van der Waals surface area contributed by atoms with Crippen molar-refractivity contribution in [3.63, 3.8) is 0 Å². The summed E-state index contributed by atoms with van der Waals surface area (Å²) in [5, 5.41) is 3.49. The number of ether oxygens (including phenoxy) is 1. The van der Waals surface area contributed by atoms with Crippen LogP contribution < -0.4 is 5.32 Å². The fourth-order valence-electron chi connectivity index (χ4n) is 1.81. The molecule has 0 saturated carbocycles. The highest BCUT2D eigenvalue weighted by molar-refractivity contribution is 7.99. The van der Waals surface area contributed by atoms with E-state index in [4.69, 9.17) is 4.74 Å². The van der Waals surface area contributed by atoms with Crippen molar-refractivity contribution in [3.8, 4) is 0 Å². The van der Waals surface area contributed by atoms with Crippen LogP contribution >= 0.6 is 11.8 Å². The van der Waals surface area contributed by atoms with Gasteiger partial charge in [-0.25, -0.2) is 4.98 Å². The van der Waals surface area contributed by atoms with Crippen LogP contribution in [0.4, 0.5) is 5.95 Å². The summed E-state index contributed by atoms with van der Waals surface area (Å²) >= 11 is 1.99. The summed E-state index contributed by atoms with van der Waals surface area (Å²) in [7, 11) is 0. The highest BCUT2D eigenvalue weighted by Gasteiger charge is 2.06. The summed E-state index contributed by atoms with van der Waals surface area (Å²) in [6, 6.07) is 0.465. The van der Waals surface area contributed by atoms with Gasteiger partial charge in [-0.2, -0.15) is 11.8 Å². The van der Waals surface area contributed by atoms with Crippen molar-refractivity contribution in [1.82, 2.24) is 9.55 Å². The number of imidazole rings is 1. The molecule has 1 heterocycles. The normalized spacial score (nSPS) is 12.6. The van der Waals surface area contributed by atoms with Crippen LogP contribution in [0.2, 0.25) is 0 Å². The van der Waals surface area contributed by atoms with Gasteiger partial charge in [-0.05, 0) is 38.2 Å². The van der Waals surface area contributed by atoms with Gasteiger partial charge in [0.2, 0.25) is 5.95 Å². The molecule has 0 spiro atoms. The first-order chi connectivity index (χ1) is 9.27. The lowest BCUT2D eigenvalue weighted by Crippen LogP contribution is -2.19. The zero-order chi connectivity index (χ0) is 13.9. The molecule has 1 unspecified atom stereocenters. The first kappa shape index (κ1) is 16.4. The molecule has 1 N–H and O–H groups in total. The summed E-state index contributed by atoms with van der Waals surface area (Å²) in [6.07, 6.45) is 6.08. The quantitative estimate of drug-likeness (QED) is 0.633. The minimum Gasteiger partial charge on any atom is -0.382 e. The third kappa shape index (κ3) is 6.87. The molecular weight excluding hydrogens is 258 g/mol. The summed E-state index contributed by atoms with van der Waals surface area (Å²) in [5.41, 5.74) is 0. The number of hydrogen-bond donors (Lipinski definition) is 1. The maximum absolute atomic E-state index is 5.36. The molecule has 1 aromatic rings. The van der Waals surface area contributed by atoms with Gasteiger partial charge in [0, 0.05) is 38.2 Å². The average Bonchev–Trinajstić information content (AvgIpc) is 2.82. The number of nitrogens with one attached hydrogen (secondary N) is 1. The van der Waals surface area contributed by atoms with Gasteiger partial charge in [0.15, 0.2) is 0 Å².